The maximum absolute atomic E-state index is 11.9. The van der Waals surface area contributed by atoms with Crippen molar-refractivity contribution in [3.63, 3.8) is 0 Å². The van der Waals surface area contributed by atoms with E-state index in [1.54, 1.807) is 18.7 Å². The molecule has 0 aromatic carbocycles. The first-order valence-corrected chi connectivity index (χ1v) is 8.91. The molecule has 0 bridgehead atoms. The number of rotatable bonds is 5. The molecule has 0 amide bonds. The zero-order valence-electron chi connectivity index (χ0n) is 9.50. The topological polar surface area (TPSA) is 37.4 Å². The molecule has 1 saturated heterocycles. The molecule has 0 spiro atoms. The second-order valence-electron chi connectivity index (χ2n) is 3.63. The number of thiol groups is 1. The molecule has 94 valence electrons. The molecule has 1 heterocycles. The fourth-order valence-electron chi connectivity index (χ4n) is 1.63. The van der Waals surface area contributed by atoms with Gasteiger partial charge in [-0.1, -0.05) is 19.1 Å². The molecule has 1 aliphatic heterocycles. The Morgan fingerprint density at radius 3 is 2.88 bits per heavy atom. The van der Waals surface area contributed by atoms with Crippen molar-refractivity contribution in [2.75, 3.05) is 36.1 Å². The van der Waals surface area contributed by atoms with E-state index in [1.807, 2.05) is 12.2 Å². The number of thioether (sulfide) groups is 1. The van der Waals surface area contributed by atoms with E-state index in [1.165, 1.54) is 0 Å². The number of sulfone groups is 1. The van der Waals surface area contributed by atoms with Crippen LogP contribution >= 0.6 is 24.4 Å². The van der Waals surface area contributed by atoms with Crippen LogP contribution in [0.1, 0.15) is 6.92 Å². The minimum Gasteiger partial charge on any atom is -0.282 e. The van der Waals surface area contributed by atoms with E-state index in [-0.39, 0.29) is 11.1 Å². The Kier molecular flexibility index (Phi) is 6.25. The lowest BCUT2D eigenvalue weighted by Crippen LogP contribution is -2.47. The first-order valence-electron chi connectivity index (χ1n) is 5.41. The van der Waals surface area contributed by atoms with Gasteiger partial charge in [-0.05, 0) is 0 Å². The van der Waals surface area contributed by atoms with Crippen molar-refractivity contribution in [1.82, 2.24) is 4.90 Å². The summed E-state index contributed by atoms with van der Waals surface area (Å²) in [5, 5.41) is -0.305. The summed E-state index contributed by atoms with van der Waals surface area (Å²) in [5.74, 6) is 2.65. The molecule has 1 fully saturated rings. The van der Waals surface area contributed by atoms with Gasteiger partial charge in [-0.2, -0.15) is 24.4 Å². The van der Waals surface area contributed by atoms with Crippen LogP contribution in [0.4, 0.5) is 0 Å². The molecule has 1 atom stereocenters. The molecule has 0 aliphatic carbocycles. The third-order valence-corrected chi connectivity index (χ3v) is 6.16. The van der Waals surface area contributed by atoms with Crippen LogP contribution in [0.25, 0.3) is 0 Å². The van der Waals surface area contributed by atoms with Crippen LogP contribution < -0.4 is 0 Å². The molecular weight excluding hydrogens is 262 g/mol. The molecule has 1 rings (SSSR count). The van der Waals surface area contributed by atoms with Gasteiger partial charge in [0.05, 0.1) is 0 Å². The Labute approximate surface area is 108 Å². The zero-order chi connectivity index (χ0) is 12.0. The molecule has 0 aromatic heterocycles. The summed E-state index contributed by atoms with van der Waals surface area (Å²) in [5.41, 5.74) is 0. The highest BCUT2D eigenvalue weighted by atomic mass is 32.2. The summed E-state index contributed by atoms with van der Waals surface area (Å²) in [6.45, 7) is 3.28. The van der Waals surface area contributed by atoms with Crippen molar-refractivity contribution in [3.8, 4) is 0 Å². The van der Waals surface area contributed by atoms with Crippen molar-refractivity contribution in [2.45, 2.75) is 12.3 Å². The lowest BCUT2D eigenvalue weighted by atomic mass is 10.4. The first-order chi connectivity index (χ1) is 7.61. The van der Waals surface area contributed by atoms with Crippen molar-refractivity contribution < 1.29 is 8.42 Å². The van der Waals surface area contributed by atoms with E-state index >= 15 is 0 Å². The Bertz CT molecular complexity index is 327. The van der Waals surface area contributed by atoms with E-state index in [9.17, 15) is 8.42 Å². The van der Waals surface area contributed by atoms with Crippen molar-refractivity contribution in [1.29, 1.82) is 0 Å². The quantitative estimate of drug-likeness (QED) is 0.608. The highest BCUT2D eigenvalue weighted by Gasteiger charge is 2.31. The van der Waals surface area contributed by atoms with Gasteiger partial charge < -0.3 is 0 Å². The molecule has 0 saturated carbocycles. The fourth-order valence-corrected chi connectivity index (χ4v) is 4.87. The minimum atomic E-state index is -2.96. The van der Waals surface area contributed by atoms with Crippen LogP contribution in [-0.2, 0) is 9.84 Å². The minimum absolute atomic E-state index is 0.227. The van der Waals surface area contributed by atoms with E-state index < -0.39 is 9.84 Å². The van der Waals surface area contributed by atoms with E-state index in [2.05, 4.69) is 17.5 Å². The second kappa shape index (κ2) is 6.93. The molecule has 0 aromatic rings. The summed E-state index contributed by atoms with van der Waals surface area (Å²) in [7, 11) is -2.96. The van der Waals surface area contributed by atoms with E-state index in [0.29, 0.717) is 18.1 Å². The predicted molar refractivity (Wildman–Crippen MR) is 75.1 cm³/mol. The molecule has 0 radical (unpaired) electrons. The zero-order valence-corrected chi connectivity index (χ0v) is 12.0. The summed E-state index contributed by atoms with van der Waals surface area (Å²) < 4.78 is 23.8. The van der Waals surface area contributed by atoms with Gasteiger partial charge in [0, 0.05) is 36.1 Å². The SMILES string of the molecule is CCS(=O)(=O)C1CSCCN1CC=CCS. The first kappa shape index (κ1) is 14.4. The van der Waals surface area contributed by atoms with Gasteiger partial charge in [0.15, 0.2) is 9.84 Å². The molecule has 6 heteroatoms. The molecule has 1 unspecified atom stereocenters. The van der Waals surface area contributed by atoms with Crippen molar-refractivity contribution in [2.24, 2.45) is 0 Å². The van der Waals surface area contributed by atoms with Gasteiger partial charge in [0.2, 0.25) is 0 Å². The monoisotopic (exact) mass is 281 g/mol. The van der Waals surface area contributed by atoms with Crippen LogP contribution in [-0.4, -0.2) is 54.8 Å². The normalized spacial score (nSPS) is 24.0. The average Bonchev–Trinajstić information content (AvgIpc) is 2.30. The van der Waals surface area contributed by atoms with Gasteiger partial charge in [-0.25, -0.2) is 8.42 Å². The lowest BCUT2D eigenvalue weighted by Gasteiger charge is -2.33. The second-order valence-corrected chi connectivity index (χ2v) is 7.59. The van der Waals surface area contributed by atoms with Gasteiger partial charge in [-0.15, -0.1) is 0 Å². The third-order valence-electron chi connectivity index (χ3n) is 2.62. The van der Waals surface area contributed by atoms with Gasteiger partial charge in [-0.3, -0.25) is 4.90 Å². The smallest absolute Gasteiger partial charge is 0.166 e. The Morgan fingerprint density at radius 2 is 2.25 bits per heavy atom. The van der Waals surface area contributed by atoms with Crippen LogP contribution in [0.15, 0.2) is 12.2 Å². The summed E-state index contributed by atoms with van der Waals surface area (Å²) in [6.07, 6.45) is 3.96. The van der Waals surface area contributed by atoms with Gasteiger partial charge in [0.25, 0.3) is 0 Å². The largest absolute Gasteiger partial charge is 0.282 e. The maximum atomic E-state index is 11.9. The number of hydrogen-bond donors (Lipinski definition) is 1. The molecule has 16 heavy (non-hydrogen) atoms. The molecule has 3 nitrogen and oxygen atoms in total. The Balaban J connectivity index is 2.68. The highest BCUT2D eigenvalue weighted by Crippen LogP contribution is 2.21. The van der Waals surface area contributed by atoms with Crippen LogP contribution in [0.5, 0.6) is 0 Å². The Morgan fingerprint density at radius 1 is 1.50 bits per heavy atom. The number of hydrogen-bond acceptors (Lipinski definition) is 5. The third kappa shape index (κ3) is 3.98. The van der Waals surface area contributed by atoms with Gasteiger partial charge >= 0.3 is 0 Å². The molecule has 0 N–H and O–H groups in total. The Hall–Kier alpha value is 0.350. The fraction of sp³-hybridized carbons (Fsp3) is 0.800. The average molecular weight is 281 g/mol. The van der Waals surface area contributed by atoms with E-state index in [4.69, 9.17) is 0 Å². The summed E-state index contributed by atoms with van der Waals surface area (Å²) in [4.78, 5) is 2.05. The summed E-state index contributed by atoms with van der Waals surface area (Å²) in [6, 6.07) is 0. The molecule has 1 aliphatic rings. The van der Waals surface area contributed by atoms with Crippen LogP contribution in [0.2, 0.25) is 0 Å². The number of nitrogens with zero attached hydrogens (tertiary/aromatic N) is 1. The highest BCUT2D eigenvalue weighted by molar-refractivity contribution is 8.01. The standard InChI is InChI=1S/C10H19NO2S3/c1-2-16(12,13)10-9-15-8-6-11(10)5-3-4-7-14/h3-4,10,14H,2,5-9H2,1H3. The van der Waals surface area contributed by atoms with E-state index in [0.717, 1.165) is 12.3 Å². The maximum Gasteiger partial charge on any atom is 0.166 e. The lowest BCUT2D eigenvalue weighted by molar-refractivity contribution is 0.298. The van der Waals surface area contributed by atoms with Gasteiger partial charge in [0.1, 0.15) is 5.37 Å². The molecular formula is C10H19NO2S3. The van der Waals surface area contributed by atoms with Crippen LogP contribution in [0, 0.1) is 0 Å². The van der Waals surface area contributed by atoms with Crippen LogP contribution in [0.3, 0.4) is 0 Å². The predicted octanol–water partition coefficient (Wildman–Crippen LogP) is 1.28. The summed E-state index contributed by atoms with van der Waals surface area (Å²) >= 11 is 5.82. The van der Waals surface area contributed by atoms with Crippen molar-refractivity contribution >= 4 is 34.2 Å². The van der Waals surface area contributed by atoms with Crippen molar-refractivity contribution in [3.05, 3.63) is 12.2 Å².